The van der Waals surface area contributed by atoms with Crippen LogP contribution in [0.3, 0.4) is 0 Å². The Morgan fingerprint density at radius 2 is 2.08 bits per heavy atom. The van der Waals surface area contributed by atoms with Crippen molar-refractivity contribution in [2.24, 2.45) is 0 Å². The second kappa shape index (κ2) is 6.19. The van der Waals surface area contributed by atoms with Gasteiger partial charge in [-0.05, 0) is 18.4 Å². The maximum atomic E-state index is 15.3. The first-order valence-corrected chi connectivity index (χ1v) is 8.56. The fourth-order valence-electron chi connectivity index (χ4n) is 3.64. The van der Waals surface area contributed by atoms with Crippen molar-refractivity contribution in [2.45, 2.75) is 30.3 Å². The quantitative estimate of drug-likeness (QED) is 0.927. The van der Waals surface area contributed by atoms with Crippen molar-refractivity contribution in [3.05, 3.63) is 59.7 Å². The van der Waals surface area contributed by atoms with Crippen molar-refractivity contribution >= 4 is 5.91 Å². The smallest absolute Gasteiger partial charge is 0.257 e. The average molecular weight is 341 g/mol. The van der Waals surface area contributed by atoms with Gasteiger partial charge >= 0.3 is 0 Å². The van der Waals surface area contributed by atoms with Gasteiger partial charge in [0, 0.05) is 24.6 Å². The predicted molar refractivity (Wildman–Crippen MR) is 90.0 cm³/mol. The fourth-order valence-corrected chi connectivity index (χ4v) is 3.64. The van der Waals surface area contributed by atoms with Gasteiger partial charge in [0.25, 0.3) is 5.91 Å². The summed E-state index contributed by atoms with van der Waals surface area (Å²) in [5.74, 6) is -0.490. The summed E-state index contributed by atoms with van der Waals surface area (Å²) in [7, 11) is 0. The Morgan fingerprint density at radius 1 is 1.32 bits per heavy atom. The summed E-state index contributed by atoms with van der Waals surface area (Å²) in [6, 6.07) is 9.22. The molecule has 1 amide bonds. The van der Waals surface area contributed by atoms with Crippen molar-refractivity contribution in [1.29, 1.82) is 0 Å². The summed E-state index contributed by atoms with van der Waals surface area (Å²) < 4.78 is 15.3. The minimum absolute atomic E-state index is 0.124. The summed E-state index contributed by atoms with van der Waals surface area (Å²) >= 11 is 0. The lowest BCUT2D eigenvalue weighted by molar-refractivity contribution is 0.0575. The first-order valence-electron chi connectivity index (χ1n) is 8.56. The number of amides is 1. The average Bonchev–Trinajstić information content (AvgIpc) is 3.44. The number of halogens is 1. The number of nitrogens with zero attached hydrogens (tertiary/aromatic N) is 3. The lowest BCUT2D eigenvalue weighted by Crippen LogP contribution is -2.37. The van der Waals surface area contributed by atoms with Crippen LogP contribution in [0.25, 0.3) is 0 Å². The van der Waals surface area contributed by atoms with Crippen LogP contribution in [0.5, 0.6) is 0 Å². The van der Waals surface area contributed by atoms with E-state index in [1.54, 1.807) is 0 Å². The molecule has 2 unspecified atom stereocenters. The van der Waals surface area contributed by atoms with Crippen LogP contribution in [0.2, 0.25) is 0 Å². The Balaban J connectivity index is 1.63. The third kappa shape index (κ3) is 2.91. The van der Waals surface area contributed by atoms with Crippen molar-refractivity contribution in [2.75, 3.05) is 19.7 Å². The monoisotopic (exact) mass is 341 g/mol. The van der Waals surface area contributed by atoms with Crippen molar-refractivity contribution in [1.82, 2.24) is 14.9 Å². The molecule has 6 heteroatoms. The van der Waals surface area contributed by atoms with Crippen molar-refractivity contribution in [3.63, 3.8) is 0 Å². The molecule has 0 bridgehead atoms. The van der Waals surface area contributed by atoms with E-state index >= 15 is 4.39 Å². The number of carbonyl (C=O) groups excluding carboxylic acids is 1. The molecular formula is C19H20FN3O2. The third-order valence-electron chi connectivity index (χ3n) is 5.17. The number of benzene rings is 1. The summed E-state index contributed by atoms with van der Waals surface area (Å²) in [5, 5.41) is 9.64. The number of alkyl halides is 1. The van der Waals surface area contributed by atoms with E-state index in [9.17, 15) is 9.90 Å². The van der Waals surface area contributed by atoms with E-state index in [1.807, 2.05) is 30.3 Å². The van der Waals surface area contributed by atoms with E-state index in [1.165, 1.54) is 17.4 Å². The van der Waals surface area contributed by atoms with Gasteiger partial charge in [0.2, 0.25) is 0 Å². The molecule has 1 N–H and O–H groups in total. The molecule has 2 heterocycles. The van der Waals surface area contributed by atoms with E-state index in [-0.39, 0.29) is 19.0 Å². The molecule has 0 radical (unpaired) electrons. The standard InChI is InChI=1S/C19H20FN3O2/c20-19(11-24)10-23(9-16(19)13-4-2-1-3-5-13)18(25)15-8-21-12-22-17(15)14-6-7-14/h1-5,8,12,14,16,24H,6-7,9-11H2. The Labute approximate surface area is 145 Å². The van der Waals surface area contributed by atoms with Gasteiger partial charge in [-0.2, -0.15) is 0 Å². The maximum Gasteiger partial charge on any atom is 0.257 e. The number of aromatic nitrogens is 2. The van der Waals surface area contributed by atoms with Crippen LogP contribution in [0.15, 0.2) is 42.9 Å². The Hall–Kier alpha value is -2.34. The molecule has 1 aromatic carbocycles. The summed E-state index contributed by atoms with van der Waals surface area (Å²) in [4.78, 5) is 22.7. The first-order chi connectivity index (χ1) is 12.1. The largest absolute Gasteiger partial charge is 0.393 e. The highest BCUT2D eigenvalue weighted by Gasteiger charge is 2.49. The van der Waals surface area contributed by atoms with Gasteiger partial charge in [-0.15, -0.1) is 0 Å². The van der Waals surface area contributed by atoms with Crippen LogP contribution in [0.1, 0.15) is 46.3 Å². The Morgan fingerprint density at radius 3 is 2.76 bits per heavy atom. The molecule has 2 atom stereocenters. The predicted octanol–water partition coefficient (Wildman–Crippen LogP) is 2.29. The molecule has 130 valence electrons. The first kappa shape index (κ1) is 16.1. The highest BCUT2D eigenvalue weighted by Crippen LogP contribution is 2.42. The maximum absolute atomic E-state index is 15.3. The Kier molecular flexibility index (Phi) is 4.00. The molecule has 1 aliphatic carbocycles. The van der Waals surface area contributed by atoms with Crippen LogP contribution in [-0.2, 0) is 0 Å². The van der Waals surface area contributed by atoms with Gasteiger partial charge in [-0.1, -0.05) is 30.3 Å². The van der Waals surface area contributed by atoms with Crippen molar-refractivity contribution < 1.29 is 14.3 Å². The molecule has 1 aliphatic heterocycles. The number of aliphatic hydroxyl groups is 1. The number of carbonyl (C=O) groups is 1. The topological polar surface area (TPSA) is 66.3 Å². The third-order valence-corrected chi connectivity index (χ3v) is 5.17. The van der Waals surface area contributed by atoms with Crippen LogP contribution in [0.4, 0.5) is 4.39 Å². The highest BCUT2D eigenvalue weighted by molar-refractivity contribution is 5.95. The van der Waals surface area contributed by atoms with E-state index in [0.29, 0.717) is 11.5 Å². The zero-order chi connectivity index (χ0) is 17.4. The normalized spacial score (nSPS) is 26.0. The summed E-state index contributed by atoms with van der Waals surface area (Å²) in [6.07, 6.45) is 5.02. The van der Waals surface area contributed by atoms with Gasteiger partial charge in [0.15, 0.2) is 5.67 Å². The molecule has 4 rings (SSSR count). The number of rotatable bonds is 4. The second-order valence-electron chi connectivity index (χ2n) is 6.94. The minimum atomic E-state index is -1.84. The number of hydrogen-bond acceptors (Lipinski definition) is 4. The molecule has 1 saturated heterocycles. The van der Waals surface area contributed by atoms with E-state index in [2.05, 4.69) is 9.97 Å². The van der Waals surface area contributed by atoms with E-state index < -0.39 is 18.2 Å². The summed E-state index contributed by atoms with van der Waals surface area (Å²) in [5.41, 5.74) is 0.170. The van der Waals surface area contributed by atoms with E-state index in [0.717, 1.165) is 24.1 Å². The number of likely N-dealkylation sites (tertiary alicyclic amines) is 1. The van der Waals surface area contributed by atoms with Crippen LogP contribution in [0, 0.1) is 0 Å². The zero-order valence-corrected chi connectivity index (χ0v) is 13.8. The van der Waals surface area contributed by atoms with Gasteiger partial charge in [-0.3, -0.25) is 4.79 Å². The molecule has 2 aliphatic rings. The van der Waals surface area contributed by atoms with E-state index in [4.69, 9.17) is 0 Å². The molecule has 5 nitrogen and oxygen atoms in total. The zero-order valence-electron chi connectivity index (χ0n) is 13.8. The molecule has 1 saturated carbocycles. The van der Waals surface area contributed by atoms with Crippen LogP contribution < -0.4 is 0 Å². The Bertz CT molecular complexity index is 781. The van der Waals surface area contributed by atoms with Gasteiger partial charge in [0.05, 0.1) is 24.4 Å². The van der Waals surface area contributed by atoms with Gasteiger partial charge in [-0.25, -0.2) is 14.4 Å². The van der Waals surface area contributed by atoms with Crippen molar-refractivity contribution in [3.8, 4) is 0 Å². The molecule has 2 fully saturated rings. The molecule has 0 spiro atoms. The fraction of sp³-hybridized carbons (Fsp3) is 0.421. The minimum Gasteiger partial charge on any atom is -0.393 e. The van der Waals surface area contributed by atoms with Gasteiger partial charge in [0.1, 0.15) is 6.33 Å². The SMILES string of the molecule is O=C(c1cncnc1C1CC1)N1CC(c2ccccc2)C(F)(CO)C1. The highest BCUT2D eigenvalue weighted by atomic mass is 19.1. The number of aliphatic hydroxyl groups excluding tert-OH is 1. The lowest BCUT2D eigenvalue weighted by Gasteiger charge is -2.23. The van der Waals surface area contributed by atoms with Gasteiger partial charge < -0.3 is 10.0 Å². The molecular weight excluding hydrogens is 321 g/mol. The molecule has 1 aromatic heterocycles. The molecule has 2 aromatic rings. The van der Waals surface area contributed by atoms with Crippen LogP contribution in [-0.4, -0.2) is 51.2 Å². The lowest BCUT2D eigenvalue weighted by atomic mass is 9.87. The number of hydrogen-bond donors (Lipinski definition) is 1. The van der Waals surface area contributed by atoms with Crippen LogP contribution >= 0.6 is 0 Å². The molecule has 25 heavy (non-hydrogen) atoms. The summed E-state index contributed by atoms with van der Waals surface area (Å²) in [6.45, 7) is -0.503. The second-order valence-corrected chi connectivity index (χ2v) is 6.94.